The lowest BCUT2D eigenvalue weighted by Crippen LogP contribution is -2.00. The number of halogens is 1. The van der Waals surface area contributed by atoms with Crippen LogP contribution < -0.4 is 0 Å². The predicted octanol–water partition coefficient (Wildman–Crippen LogP) is 7.16. The van der Waals surface area contributed by atoms with Crippen molar-refractivity contribution in [3.8, 4) is 5.69 Å². The average molecular weight is 459 g/mol. The van der Waals surface area contributed by atoms with E-state index in [0.29, 0.717) is 10.2 Å². The van der Waals surface area contributed by atoms with E-state index < -0.39 is 0 Å². The molecule has 0 amide bonds. The standard InChI is InChI=1S/C24H15BrN2O3/c25-14-9-11-19(21(13-14)27(28)29)26-18-7-3-1-6-17(18)23-20(26)12-10-16-15-5-2-4-8-22(15)30-24(16)23/h1,3-4,6-13H,2,5H2. The highest BCUT2D eigenvalue weighted by molar-refractivity contribution is 9.10. The zero-order valence-electron chi connectivity index (χ0n) is 15.8. The van der Waals surface area contributed by atoms with Crippen molar-refractivity contribution in [1.29, 1.82) is 0 Å². The van der Waals surface area contributed by atoms with Crippen LogP contribution in [-0.2, 0) is 6.42 Å². The number of nitrogens with zero attached hydrogens (tertiary/aromatic N) is 2. The second-order valence-corrected chi connectivity index (χ2v) is 8.38. The van der Waals surface area contributed by atoms with E-state index in [4.69, 9.17) is 4.42 Å². The van der Waals surface area contributed by atoms with E-state index in [1.807, 2.05) is 34.9 Å². The third-order valence-corrected chi connectivity index (χ3v) is 6.32. The minimum atomic E-state index is -0.338. The van der Waals surface area contributed by atoms with Crippen LogP contribution in [-0.4, -0.2) is 9.49 Å². The molecule has 0 fully saturated rings. The highest BCUT2D eigenvalue weighted by atomic mass is 79.9. The largest absolute Gasteiger partial charge is 0.456 e. The molecule has 0 bridgehead atoms. The number of nitro benzene ring substituents is 1. The van der Waals surface area contributed by atoms with Gasteiger partial charge in [-0.25, -0.2) is 0 Å². The molecule has 0 saturated heterocycles. The molecule has 0 N–H and O–H groups in total. The van der Waals surface area contributed by atoms with Gasteiger partial charge in [-0.15, -0.1) is 0 Å². The van der Waals surface area contributed by atoms with Gasteiger partial charge in [0.05, 0.1) is 21.3 Å². The predicted molar refractivity (Wildman–Crippen MR) is 122 cm³/mol. The van der Waals surface area contributed by atoms with Crippen LogP contribution in [0.1, 0.15) is 17.7 Å². The zero-order chi connectivity index (χ0) is 20.4. The number of allylic oxidation sites excluding steroid dienone is 1. The third kappa shape index (κ3) is 2.34. The van der Waals surface area contributed by atoms with Crippen molar-refractivity contribution in [3.63, 3.8) is 0 Å². The van der Waals surface area contributed by atoms with Gasteiger partial charge < -0.3 is 8.98 Å². The summed E-state index contributed by atoms with van der Waals surface area (Å²) in [5.74, 6) is 0.912. The average Bonchev–Trinajstić information content (AvgIpc) is 3.29. The fraction of sp³-hybridized carbons (Fsp3) is 0.0833. The fourth-order valence-corrected chi connectivity index (χ4v) is 4.93. The summed E-state index contributed by atoms with van der Waals surface area (Å²) in [5.41, 5.74) is 4.47. The van der Waals surface area contributed by atoms with Crippen LogP contribution in [0.15, 0.2) is 69.6 Å². The fourth-order valence-electron chi connectivity index (χ4n) is 4.58. The van der Waals surface area contributed by atoms with Crippen LogP contribution >= 0.6 is 15.9 Å². The number of furan rings is 1. The van der Waals surface area contributed by atoms with E-state index in [2.05, 4.69) is 40.2 Å². The maximum atomic E-state index is 11.8. The summed E-state index contributed by atoms with van der Waals surface area (Å²) < 4.78 is 8.95. The Balaban J connectivity index is 1.80. The first-order chi connectivity index (χ1) is 14.6. The summed E-state index contributed by atoms with van der Waals surface area (Å²) in [6.07, 6.45) is 6.15. The summed E-state index contributed by atoms with van der Waals surface area (Å²) in [6, 6.07) is 17.3. The molecule has 1 aliphatic rings. The van der Waals surface area contributed by atoms with Crippen LogP contribution in [0.4, 0.5) is 5.69 Å². The van der Waals surface area contributed by atoms with Gasteiger partial charge in [-0.3, -0.25) is 10.1 Å². The van der Waals surface area contributed by atoms with Crippen LogP contribution in [0, 0.1) is 10.1 Å². The van der Waals surface area contributed by atoms with Gasteiger partial charge in [0.25, 0.3) is 5.69 Å². The lowest BCUT2D eigenvalue weighted by molar-refractivity contribution is -0.384. The minimum absolute atomic E-state index is 0.0498. The molecule has 146 valence electrons. The molecular formula is C24H15BrN2O3. The van der Waals surface area contributed by atoms with Gasteiger partial charge >= 0.3 is 0 Å². The number of fused-ring (bicyclic) bond motifs is 7. The van der Waals surface area contributed by atoms with Gasteiger partial charge in [-0.1, -0.05) is 40.2 Å². The van der Waals surface area contributed by atoms with Gasteiger partial charge in [-0.05, 0) is 49.2 Å². The van der Waals surface area contributed by atoms with Gasteiger partial charge in [0.15, 0.2) is 0 Å². The maximum Gasteiger partial charge on any atom is 0.294 e. The summed E-state index contributed by atoms with van der Waals surface area (Å²) in [4.78, 5) is 11.5. The molecule has 0 saturated carbocycles. The lowest BCUT2D eigenvalue weighted by Gasteiger charge is -2.09. The number of aromatic nitrogens is 1. The minimum Gasteiger partial charge on any atom is -0.456 e. The second-order valence-electron chi connectivity index (χ2n) is 7.46. The van der Waals surface area contributed by atoms with E-state index in [1.165, 1.54) is 5.56 Å². The molecule has 30 heavy (non-hydrogen) atoms. The van der Waals surface area contributed by atoms with E-state index in [9.17, 15) is 10.1 Å². The van der Waals surface area contributed by atoms with Crippen molar-refractivity contribution in [1.82, 2.24) is 4.57 Å². The van der Waals surface area contributed by atoms with Crippen LogP contribution in [0.3, 0.4) is 0 Å². The van der Waals surface area contributed by atoms with Gasteiger partial charge in [-0.2, -0.15) is 0 Å². The Labute approximate surface area is 179 Å². The summed E-state index contributed by atoms with van der Waals surface area (Å²) in [5, 5.41) is 15.0. The molecule has 0 atom stereocenters. The second kappa shape index (κ2) is 6.31. The van der Waals surface area contributed by atoms with Crippen LogP contribution in [0.25, 0.3) is 44.5 Å². The summed E-state index contributed by atoms with van der Waals surface area (Å²) in [7, 11) is 0. The molecule has 6 heteroatoms. The van der Waals surface area contributed by atoms with Gasteiger partial charge in [0.2, 0.25) is 0 Å². The molecule has 0 radical (unpaired) electrons. The maximum absolute atomic E-state index is 11.8. The monoisotopic (exact) mass is 458 g/mol. The number of hydrogen-bond acceptors (Lipinski definition) is 3. The number of rotatable bonds is 2. The molecule has 5 aromatic rings. The van der Waals surface area contributed by atoms with Crippen molar-refractivity contribution >= 4 is 60.5 Å². The molecule has 0 aliphatic heterocycles. The Hall–Kier alpha value is -3.38. The zero-order valence-corrected chi connectivity index (χ0v) is 17.3. The van der Waals surface area contributed by atoms with E-state index >= 15 is 0 Å². The Bertz CT molecular complexity index is 1540. The Morgan fingerprint density at radius 1 is 1.03 bits per heavy atom. The van der Waals surface area contributed by atoms with E-state index in [0.717, 1.165) is 51.4 Å². The summed E-state index contributed by atoms with van der Waals surface area (Å²) in [6.45, 7) is 0. The summed E-state index contributed by atoms with van der Waals surface area (Å²) >= 11 is 3.36. The molecule has 5 nitrogen and oxygen atoms in total. The molecule has 0 unspecified atom stereocenters. The van der Waals surface area contributed by atoms with Crippen molar-refractivity contribution in [3.05, 3.63) is 86.6 Å². The van der Waals surface area contributed by atoms with Crippen molar-refractivity contribution in [2.45, 2.75) is 12.8 Å². The Kier molecular flexibility index (Phi) is 3.67. The Morgan fingerprint density at radius 2 is 1.90 bits per heavy atom. The van der Waals surface area contributed by atoms with Gasteiger partial charge in [0, 0.05) is 26.9 Å². The molecule has 3 aromatic carbocycles. The Morgan fingerprint density at radius 3 is 2.77 bits per heavy atom. The molecule has 1 aliphatic carbocycles. The molecule has 0 spiro atoms. The quantitative estimate of drug-likeness (QED) is 0.208. The lowest BCUT2D eigenvalue weighted by atomic mass is 10.00. The van der Waals surface area contributed by atoms with Crippen molar-refractivity contribution in [2.24, 2.45) is 0 Å². The topological polar surface area (TPSA) is 61.2 Å². The molecular weight excluding hydrogens is 444 g/mol. The number of para-hydroxylation sites is 1. The molecule has 6 rings (SSSR count). The molecule has 2 heterocycles. The first-order valence-electron chi connectivity index (χ1n) is 9.72. The third-order valence-electron chi connectivity index (χ3n) is 5.83. The van der Waals surface area contributed by atoms with Crippen LogP contribution in [0.2, 0.25) is 0 Å². The number of hydrogen-bond donors (Lipinski definition) is 0. The number of benzene rings is 3. The number of nitro groups is 1. The van der Waals surface area contributed by atoms with Crippen LogP contribution in [0.5, 0.6) is 0 Å². The SMILES string of the molecule is O=[N+]([O-])c1cc(Br)ccc1-n1c2ccccc2c2c3oc4c(c3ccc21)CCC=C4. The highest BCUT2D eigenvalue weighted by Gasteiger charge is 2.24. The van der Waals surface area contributed by atoms with Gasteiger partial charge in [0.1, 0.15) is 17.0 Å². The normalized spacial score (nSPS) is 13.4. The molecule has 2 aromatic heterocycles. The smallest absolute Gasteiger partial charge is 0.294 e. The first kappa shape index (κ1) is 17.5. The number of aryl methyl sites for hydroxylation is 1. The van der Waals surface area contributed by atoms with Crippen molar-refractivity contribution < 1.29 is 9.34 Å². The first-order valence-corrected chi connectivity index (χ1v) is 10.5. The highest BCUT2D eigenvalue weighted by Crippen LogP contribution is 2.42. The van der Waals surface area contributed by atoms with Crippen molar-refractivity contribution in [2.75, 3.05) is 0 Å². The van der Waals surface area contributed by atoms with E-state index in [-0.39, 0.29) is 10.6 Å². The van der Waals surface area contributed by atoms with E-state index in [1.54, 1.807) is 12.1 Å².